The first-order valence-electron chi connectivity index (χ1n) is 10.3. The van der Waals surface area contributed by atoms with Crippen LogP contribution in [0.15, 0.2) is 48.5 Å². The van der Waals surface area contributed by atoms with Gasteiger partial charge < -0.3 is 15.4 Å². The molecule has 3 rings (SSSR count). The highest BCUT2D eigenvalue weighted by Crippen LogP contribution is 2.31. The summed E-state index contributed by atoms with van der Waals surface area (Å²) in [6, 6.07) is 13.5. The van der Waals surface area contributed by atoms with E-state index in [9.17, 15) is 13.2 Å². The molecule has 0 radical (unpaired) electrons. The summed E-state index contributed by atoms with van der Waals surface area (Å²) < 4.78 is 42.1. The topological polar surface area (TPSA) is 59.1 Å². The van der Waals surface area contributed by atoms with Crippen molar-refractivity contribution in [3.8, 4) is 17.0 Å². The summed E-state index contributed by atoms with van der Waals surface area (Å²) in [4.78, 5) is 9.13. The summed E-state index contributed by atoms with van der Waals surface area (Å²) in [5.74, 6) is 0.597. The van der Waals surface area contributed by atoms with E-state index in [0.29, 0.717) is 23.0 Å². The van der Waals surface area contributed by atoms with Crippen molar-refractivity contribution >= 4 is 17.5 Å². The van der Waals surface area contributed by atoms with Crippen LogP contribution >= 0.6 is 0 Å². The first kappa shape index (κ1) is 23.4. The van der Waals surface area contributed by atoms with E-state index in [4.69, 9.17) is 0 Å². The smallest absolute Gasteiger partial charge is 0.406 e. The van der Waals surface area contributed by atoms with E-state index in [1.165, 1.54) is 18.2 Å². The highest BCUT2D eigenvalue weighted by atomic mass is 19.4. The van der Waals surface area contributed by atoms with Crippen molar-refractivity contribution in [1.29, 1.82) is 0 Å². The Bertz CT molecular complexity index is 1090. The number of halogens is 3. The van der Waals surface area contributed by atoms with Crippen molar-refractivity contribution in [3.63, 3.8) is 0 Å². The molecule has 2 aromatic carbocycles. The summed E-state index contributed by atoms with van der Waals surface area (Å²) >= 11 is 0. The van der Waals surface area contributed by atoms with Crippen LogP contribution in [0.1, 0.15) is 38.8 Å². The molecule has 0 saturated carbocycles. The molecule has 8 heteroatoms. The molecule has 0 amide bonds. The predicted octanol–water partition coefficient (Wildman–Crippen LogP) is 6.87. The molecule has 5 nitrogen and oxygen atoms in total. The van der Waals surface area contributed by atoms with E-state index in [-0.39, 0.29) is 11.3 Å². The normalized spacial score (nSPS) is 11.9. The molecule has 1 aromatic heterocycles. The third-order valence-corrected chi connectivity index (χ3v) is 4.57. The van der Waals surface area contributed by atoms with Gasteiger partial charge in [0.2, 0.25) is 5.95 Å². The summed E-state index contributed by atoms with van der Waals surface area (Å²) in [6.45, 7) is 10.0. The minimum atomic E-state index is -4.77. The van der Waals surface area contributed by atoms with E-state index < -0.39 is 6.36 Å². The zero-order valence-electron chi connectivity index (χ0n) is 18.8. The van der Waals surface area contributed by atoms with E-state index in [1.807, 2.05) is 45.9 Å². The zero-order valence-corrected chi connectivity index (χ0v) is 18.8. The number of aryl methyl sites for hydroxylation is 2. The van der Waals surface area contributed by atoms with E-state index in [1.54, 1.807) is 12.1 Å². The summed E-state index contributed by atoms with van der Waals surface area (Å²) in [5.41, 5.74) is 3.79. The fourth-order valence-electron chi connectivity index (χ4n) is 3.23. The van der Waals surface area contributed by atoms with Crippen molar-refractivity contribution in [2.45, 2.75) is 52.9 Å². The maximum atomic E-state index is 12.7. The highest BCUT2D eigenvalue weighted by molar-refractivity contribution is 5.71. The zero-order chi connectivity index (χ0) is 23.5. The Kier molecular flexibility index (Phi) is 6.62. The minimum Gasteiger partial charge on any atom is -0.406 e. The lowest BCUT2D eigenvalue weighted by Crippen LogP contribution is -2.27. The molecule has 3 aromatic rings. The van der Waals surface area contributed by atoms with Crippen LogP contribution in [0, 0.1) is 6.92 Å². The number of hydrogen-bond donors (Lipinski definition) is 2. The molecule has 1 heterocycles. The van der Waals surface area contributed by atoms with Crippen molar-refractivity contribution in [2.75, 3.05) is 10.6 Å². The number of nitrogens with one attached hydrogen (secondary N) is 2. The van der Waals surface area contributed by atoms with Gasteiger partial charge in [-0.05, 0) is 57.4 Å². The van der Waals surface area contributed by atoms with Gasteiger partial charge in [-0.25, -0.2) is 4.98 Å². The first-order valence-corrected chi connectivity index (χ1v) is 10.3. The lowest BCUT2D eigenvalue weighted by atomic mass is 10.1. The van der Waals surface area contributed by atoms with Gasteiger partial charge in [0.15, 0.2) is 0 Å². The first-order chi connectivity index (χ1) is 14.9. The average Bonchev–Trinajstić information content (AvgIpc) is 2.67. The summed E-state index contributed by atoms with van der Waals surface area (Å²) in [7, 11) is 0. The predicted molar refractivity (Wildman–Crippen MR) is 121 cm³/mol. The Labute approximate surface area is 186 Å². The standard InChI is InChI=1S/C24H27F3N4O/c1-6-16-10-7-9-15(2)21(16)29-20-14-19(28-22(30-20)31-23(3,4)5)17-11-8-12-18(13-17)32-24(25,26)27/h7-14H,6H2,1-5H3,(H2,28,29,30,31). The van der Waals surface area contributed by atoms with E-state index in [2.05, 4.69) is 32.3 Å². The molecule has 0 bridgehead atoms. The molecule has 0 unspecified atom stereocenters. The number of alkyl halides is 3. The van der Waals surface area contributed by atoms with Crippen LogP contribution in [-0.2, 0) is 6.42 Å². The van der Waals surface area contributed by atoms with Crippen LogP contribution in [0.4, 0.5) is 30.6 Å². The van der Waals surface area contributed by atoms with Crippen molar-refractivity contribution < 1.29 is 17.9 Å². The maximum Gasteiger partial charge on any atom is 0.573 e. The Morgan fingerprint density at radius 3 is 2.34 bits per heavy atom. The van der Waals surface area contributed by atoms with Crippen LogP contribution in [0.2, 0.25) is 0 Å². The number of benzene rings is 2. The van der Waals surface area contributed by atoms with Crippen molar-refractivity contribution in [1.82, 2.24) is 9.97 Å². The molecule has 0 aliphatic heterocycles. The maximum absolute atomic E-state index is 12.7. The number of aromatic nitrogens is 2. The Morgan fingerprint density at radius 2 is 1.69 bits per heavy atom. The number of anilines is 3. The van der Waals surface area contributed by atoms with Crippen LogP contribution in [0.3, 0.4) is 0 Å². The van der Waals surface area contributed by atoms with Crippen LogP contribution in [-0.4, -0.2) is 21.9 Å². The second-order valence-electron chi connectivity index (χ2n) is 8.50. The van der Waals surface area contributed by atoms with Crippen LogP contribution in [0.25, 0.3) is 11.3 Å². The monoisotopic (exact) mass is 444 g/mol. The lowest BCUT2D eigenvalue weighted by Gasteiger charge is -2.22. The molecular weight excluding hydrogens is 417 g/mol. The van der Waals surface area contributed by atoms with E-state index in [0.717, 1.165) is 23.2 Å². The minimum absolute atomic E-state index is 0.305. The Balaban J connectivity index is 2.06. The molecule has 2 N–H and O–H groups in total. The number of nitrogens with zero attached hydrogens (tertiary/aromatic N) is 2. The van der Waals surface area contributed by atoms with Gasteiger partial charge in [-0.3, -0.25) is 0 Å². The number of ether oxygens (including phenoxy) is 1. The molecule has 32 heavy (non-hydrogen) atoms. The molecule has 170 valence electrons. The van der Waals surface area contributed by atoms with Gasteiger partial charge >= 0.3 is 6.36 Å². The second kappa shape index (κ2) is 9.06. The van der Waals surface area contributed by atoms with Gasteiger partial charge in [0.1, 0.15) is 11.6 Å². The fraction of sp³-hybridized carbons (Fsp3) is 0.333. The Hall–Kier alpha value is -3.29. The molecule has 0 fully saturated rings. The average molecular weight is 445 g/mol. The largest absolute Gasteiger partial charge is 0.573 e. The summed E-state index contributed by atoms with van der Waals surface area (Å²) in [5, 5.41) is 6.62. The van der Waals surface area contributed by atoms with Crippen molar-refractivity contribution in [2.24, 2.45) is 0 Å². The van der Waals surface area contributed by atoms with Gasteiger partial charge in [-0.2, -0.15) is 4.98 Å². The third kappa shape index (κ3) is 6.35. The molecule has 0 saturated heterocycles. The highest BCUT2D eigenvalue weighted by Gasteiger charge is 2.31. The van der Waals surface area contributed by atoms with E-state index >= 15 is 0 Å². The third-order valence-electron chi connectivity index (χ3n) is 4.57. The molecule has 0 aliphatic rings. The molecule has 0 spiro atoms. The number of hydrogen-bond acceptors (Lipinski definition) is 5. The molecular formula is C24H27F3N4O. The van der Waals surface area contributed by atoms with Crippen LogP contribution in [0.5, 0.6) is 5.75 Å². The van der Waals surface area contributed by atoms with Gasteiger partial charge in [-0.15, -0.1) is 13.2 Å². The van der Waals surface area contributed by atoms with Crippen LogP contribution < -0.4 is 15.4 Å². The molecule has 0 atom stereocenters. The van der Waals surface area contributed by atoms with Gasteiger partial charge in [0.25, 0.3) is 0 Å². The Morgan fingerprint density at radius 1 is 0.969 bits per heavy atom. The van der Waals surface area contributed by atoms with Crippen molar-refractivity contribution in [3.05, 3.63) is 59.7 Å². The SMILES string of the molecule is CCc1cccc(C)c1Nc1cc(-c2cccc(OC(F)(F)F)c2)nc(NC(C)(C)C)n1. The number of rotatable bonds is 6. The van der Waals surface area contributed by atoms with Gasteiger partial charge in [-0.1, -0.05) is 37.3 Å². The molecule has 0 aliphatic carbocycles. The van der Waals surface area contributed by atoms with Gasteiger partial charge in [0, 0.05) is 22.9 Å². The lowest BCUT2D eigenvalue weighted by molar-refractivity contribution is -0.274. The van der Waals surface area contributed by atoms with Gasteiger partial charge in [0.05, 0.1) is 5.69 Å². The second-order valence-corrected chi connectivity index (χ2v) is 8.50. The fourth-order valence-corrected chi connectivity index (χ4v) is 3.23. The number of para-hydroxylation sites is 1. The quantitative estimate of drug-likeness (QED) is 0.435. The summed E-state index contributed by atoms with van der Waals surface area (Å²) in [6.07, 6.45) is -3.93.